The fraction of sp³-hybridized carbons (Fsp3) is 0.385. The lowest BCUT2D eigenvalue weighted by Gasteiger charge is -2.29. The summed E-state index contributed by atoms with van der Waals surface area (Å²) in [7, 11) is 0. The van der Waals surface area contributed by atoms with Gasteiger partial charge in [0.25, 0.3) is 0 Å². The number of nitrogens with zero attached hydrogens (tertiary/aromatic N) is 5. The number of benzene rings is 2. The number of ether oxygens (including phenoxy) is 1. The van der Waals surface area contributed by atoms with Crippen molar-refractivity contribution in [1.82, 2.24) is 24.6 Å². The molecule has 8 heteroatoms. The monoisotopic (exact) mass is 475 g/mol. The highest BCUT2D eigenvalue weighted by Gasteiger charge is 2.27. The average molecular weight is 476 g/mol. The number of aryl methyl sites for hydroxylation is 2. The maximum atomic E-state index is 13.1. The lowest BCUT2D eigenvalue weighted by molar-refractivity contribution is -0.134. The normalized spacial score (nSPS) is 15.2. The van der Waals surface area contributed by atoms with E-state index in [1.807, 2.05) is 11.8 Å². The molecule has 1 unspecified atom stereocenters. The number of hydrogen-bond acceptors (Lipinski definition) is 6. The molecule has 1 amide bonds. The molecule has 1 saturated heterocycles. The van der Waals surface area contributed by atoms with Crippen LogP contribution in [0.4, 0.5) is 0 Å². The molecule has 2 aromatic carbocycles. The van der Waals surface area contributed by atoms with Crippen molar-refractivity contribution in [2.75, 3.05) is 26.3 Å². The van der Waals surface area contributed by atoms with Gasteiger partial charge in [0.2, 0.25) is 11.1 Å². The van der Waals surface area contributed by atoms with Crippen LogP contribution in [0.5, 0.6) is 0 Å². The number of rotatable bonds is 6. The van der Waals surface area contributed by atoms with Crippen molar-refractivity contribution in [3.05, 3.63) is 59.2 Å². The Morgan fingerprint density at radius 3 is 2.53 bits per heavy atom. The third-order valence-electron chi connectivity index (χ3n) is 6.28. The number of hydrogen-bond donors (Lipinski definition) is 0. The van der Waals surface area contributed by atoms with E-state index in [0.29, 0.717) is 44.4 Å². The fourth-order valence-electron chi connectivity index (χ4n) is 4.36. The Bertz CT molecular complexity index is 1330. The zero-order chi connectivity index (χ0) is 23.7. The molecule has 1 aliphatic heterocycles. The molecule has 0 spiro atoms. The van der Waals surface area contributed by atoms with Crippen LogP contribution in [-0.2, 0) is 16.1 Å². The predicted octanol–water partition coefficient (Wildman–Crippen LogP) is 4.37. The fourth-order valence-corrected chi connectivity index (χ4v) is 5.26. The summed E-state index contributed by atoms with van der Waals surface area (Å²) < 4.78 is 7.60. The van der Waals surface area contributed by atoms with Crippen molar-refractivity contribution < 1.29 is 9.53 Å². The first-order chi connectivity index (χ1) is 16.5. The van der Waals surface area contributed by atoms with Gasteiger partial charge in [0, 0.05) is 25.0 Å². The highest BCUT2D eigenvalue weighted by atomic mass is 32.2. The third-order valence-corrected chi connectivity index (χ3v) is 7.48. The van der Waals surface area contributed by atoms with E-state index in [0.717, 1.165) is 22.1 Å². The number of morpholine rings is 1. The quantitative estimate of drug-likeness (QED) is 0.386. The summed E-state index contributed by atoms with van der Waals surface area (Å²) in [6.45, 7) is 9.35. The molecular weight excluding hydrogens is 446 g/mol. The van der Waals surface area contributed by atoms with Crippen LogP contribution in [0.1, 0.15) is 30.0 Å². The predicted molar refractivity (Wildman–Crippen MR) is 135 cm³/mol. The molecule has 0 saturated carbocycles. The molecule has 2 aromatic heterocycles. The minimum absolute atomic E-state index is 0.121. The molecule has 5 rings (SSSR count). The largest absolute Gasteiger partial charge is 0.378 e. The van der Waals surface area contributed by atoms with E-state index in [2.05, 4.69) is 71.1 Å². The Hall–Kier alpha value is -2.97. The zero-order valence-electron chi connectivity index (χ0n) is 19.8. The topological polar surface area (TPSA) is 73.1 Å². The SMILES string of the molecule is CCC(Sc1nnc2c3cc(C)ccc3n(Cc3ccc(C)cc3)c2n1)C(=O)N1CCOCC1. The minimum atomic E-state index is -0.241. The van der Waals surface area contributed by atoms with Crippen molar-refractivity contribution >= 4 is 39.7 Å². The third kappa shape index (κ3) is 4.52. The average Bonchev–Trinajstić information content (AvgIpc) is 3.16. The number of aromatic nitrogens is 4. The molecule has 0 N–H and O–H groups in total. The summed E-state index contributed by atoms with van der Waals surface area (Å²) >= 11 is 1.41. The molecule has 7 nitrogen and oxygen atoms in total. The molecule has 1 aliphatic rings. The molecule has 0 aliphatic carbocycles. The van der Waals surface area contributed by atoms with Gasteiger partial charge in [-0.05, 0) is 38.0 Å². The molecule has 3 heterocycles. The van der Waals surface area contributed by atoms with E-state index < -0.39 is 0 Å². The van der Waals surface area contributed by atoms with Crippen LogP contribution in [-0.4, -0.2) is 62.1 Å². The van der Waals surface area contributed by atoms with Gasteiger partial charge >= 0.3 is 0 Å². The van der Waals surface area contributed by atoms with E-state index in [1.165, 1.54) is 28.5 Å². The molecular formula is C26H29N5O2S. The van der Waals surface area contributed by atoms with E-state index in [4.69, 9.17) is 9.72 Å². The van der Waals surface area contributed by atoms with Crippen molar-refractivity contribution in [3.8, 4) is 0 Å². The van der Waals surface area contributed by atoms with Crippen LogP contribution in [0.2, 0.25) is 0 Å². The van der Waals surface area contributed by atoms with Gasteiger partial charge in [0.1, 0.15) is 5.52 Å². The Balaban J connectivity index is 1.52. The molecule has 1 atom stereocenters. The van der Waals surface area contributed by atoms with E-state index in [1.54, 1.807) is 0 Å². The Morgan fingerprint density at radius 1 is 1.06 bits per heavy atom. The van der Waals surface area contributed by atoms with Gasteiger partial charge in [-0.25, -0.2) is 4.98 Å². The van der Waals surface area contributed by atoms with Crippen LogP contribution in [0, 0.1) is 13.8 Å². The summed E-state index contributed by atoms with van der Waals surface area (Å²) in [5, 5.41) is 10.4. The van der Waals surface area contributed by atoms with Crippen LogP contribution >= 0.6 is 11.8 Å². The van der Waals surface area contributed by atoms with Crippen molar-refractivity contribution in [1.29, 1.82) is 0 Å². The highest BCUT2D eigenvalue weighted by Crippen LogP contribution is 2.31. The first kappa shape index (κ1) is 22.8. The van der Waals surface area contributed by atoms with Gasteiger partial charge < -0.3 is 14.2 Å². The standard InChI is InChI=1S/C26H29N5O2S/c1-4-22(25(32)30-11-13-33-14-12-30)34-26-27-24-23(28-29-26)20-15-18(3)7-10-21(20)31(24)16-19-8-5-17(2)6-9-19/h5-10,15,22H,4,11-14,16H2,1-3H3. The maximum Gasteiger partial charge on any atom is 0.236 e. The number of amides is 1. The molecule has 176 valence electrons. The molecule has 34 heavy (non-hydrogen) atoms. The molecule has 4 aromatic rings. The minimum Gasteiger partial charge on any atom is -0.378 e. The Labute approximate surface area is 203 Å². The second kappa shape index (κ2) is 9.72. The second-order valence-electron chi connectivity index (χ2n) is 8.81. The van der Waals surface area contributed by atoms with E-state index in [-0.39, 0.29) is 11.2 Å². The van der Waals surface area contributed by atoms with Gasteiger partial charge in [0.15, 0.2) is 5.65 Å². The van der Waals surface area contributed by atoms with Crippen LogP contribution in [0.3, 0.4) is 0 Å². The van der Waals surface area contributed by atoms with Crippen LogP contribution < -0.4 is 0 Å². The Kier molecular flexibility index (Phi) is 6.52. The number of thioether (sulfide) groups is 1. The maximum absolute atomic E-state index is 13.1. The first-order valence-corrected chi connectivity index (χ1v) is 12.6. The lowest BCUT2D eigenvalue weighted by atomic mass is 10.1. The van der Waals surface area contributed by atoms with Gasteiger partial charge in [-0.1, -0.05) is 60.1 Å². The van der Waals surface area contributed by atoms with Crippen molar-refractivity contribution in [2.24, 2.45) is 0 Å². The van der Waals surface area contributed by atoms with E-state index >= 15 is 0 Å². The smallest absolute Gasteiger partial charge is 0.236 e. The summed E-state index contributed by atoms with van der Waals surface area (Å²) in [5.41, 5.74) is 6.28. The zero-order valence-corrected chi connectivity index (χ0v) is 20.6. The van der Waals surface area contributed by atoms with Gasteiger partial charge in [-0.15, -0.1) is 10.2 Å². The molecule has 1 fully saturated rings. The van der Waals surface area contributed by atoms with Gasteiger partial charge in [-0.2, -0.15) is 0 Å². The van der Waals surface area contributed by atoms with Gasteiger partial charge in [-0.3, -0.25) is 4.79 Å². The summed E-state index contributed by atoms with van der Waals surface area (Å²) in [6.07, 6.45) is 0.702. The lowest BCUT2D eigenvalue weighted by Crippen LogP contribution is -2.44. The molecule has 0 radical (unpaired) electrons. The summed E-state index contributed by atoms with van der Waals surface area (Å²) in [6, 6.07) is 15.0. The number of carbonyl (C=O) groups is 1. The van der Waals surface area contributed by atoms with Crippen molar-refractivity contribution in [3.63, 3.8) is 0 Å². The highest BCUT2D eigenvalue weighted by molar-refractivity contribution is 8.00. The second-order valence-corrected chi connectivity index (χ2v) is 9.98. The Morgan fingerprint density at radius 2 is 1.79 bits per heavy atom. The number of fused-ring (bicyclic) bond motifs is 3. The number of carbonyl (C=O) groups excluding carboxylic acids is 1. The van der Waals surface area contributed by atoms with Crippen LogP contribution in [0.15, 0.2) is 47.6 Å². The molecule has 0 bridgehead atoms. The van der Waals surface area contributed by atoms with Gasteiger partial charge in [0.05, 0.1) is 24.0 Å². The van der Waals surface area contributed by atoms with Crippen molar-refractivity contribution in [2.45, 2.75) is 44.1 Å². The first-order valence-electron chi connectivity index (χ1n) is 11.8. The summed E-state index contributed by atoms with van der Waals surface area (Å²) in [4.78, 5) is 19.9. The summed E-state index contributed by atoms with van der Waals surface area (Å²) in [5.74, 6) is 0.121. The van der Waals surface area contributed by atoms with E-state index in [9.17, 15) is 4.79 Å². The van der Waals surface area contributed by atoms with Crippen LogP contribution in [0.25, 0.3) is 22.1 Å².